The van der Waals surface area contributed by atoms with Crippen molar-refractivity contribution in [3.63, 3.8) is 0 Å². The molecule has 1 aliphatic rings. The summed E-state index contributed by atoms with van der Waals surface area (Å²) in [5, 5.41) is 8.09. The summed E-state index contributed by atoms with van der Waals surface area (Å²) < 4.78 is 1.74. The van der Waals surface area contributed by atoms with Gasteiger partial charge in [-0.2, -0.15) is 0 Å². The van der Waals surface area contributed by atoms with Gasteiger partial charge in [0.1, 0.15) is 0 Å². The van der Waals surface area contributed by atoms with Gasteiger partial charge in [0.2, 0.25) is 0 Å². The molecule has 0 bridgehead atoms. The van der Waals surface area contributed by atoms with Crippen LogP contribution in [-0.4, -0.2) is 21.0 Å². The Labute approximate surface area is 104 Å². The molecule has 1 aromatic rings. The fourth-order valence-corrected chi connectivity index (χ4v) is 3.19. The van der Waals surface area contributed by atoms with E-state index in [9.17, 15) is 0 Å². The third-order valence-corrected chi connectivity index (χ3v) is 4.20. The lowest BCUT2D eigenvalue weighted by Crippen LogP contribution is -2.43. The van der Waals surface area contributed by atoms with E-state index in [-0.39, 0.29) is 6.04 Å². The molecule has 96 valence electrons. The lowest BCUT2D eigenvalue weighted by Gasteiger charge is -2.41. The third kappa shape index (κ3) is 2.86. The summed E-state index contributed by atoms with van der Waals surface area (Å²) in [7, 11) is 1.90. The first-order valence-electron chi connectivity index (χ1n) is 6.60. The van der Waals surface area contributed by atoms with Crippen LogP contribution in [0.2, 0.25) is 0 Å². The van der Waals surface area contributed by atoms with Crippen LogP contribution in [0.15, 0.2) is 6.20 Å². The molecule has 4 nitrogen and oxygen atoms in total. The Balaban J connectivity index is 2.01. The Morgan fingerprint density at radius 2 is 2.29 bits per heavy atom. The first-order chi connectivity index (χ1) is 7.99. The predicted molar refractivity (Wildman–Crippen MR) is 68.4 cm³/mol. The van der Waals surface area contributed by atoms with E-state index in [1.54, 1.807) is 4.68 Å². The van der Waals surface area contributed by atoms with Crippen molar-refractivity contribution in [3.8, 4) is 0 Å². The topological polar surface area (TPSA) is 56.7 Å². The van der Waals surface area contributed by atoms with E-state index in [1.165, 1.54) is 25.7 Å². The highest BCUT2D eigenvalue weighted by Crippen LogP contribution is 2.42. The molecule has 1 saturated carbocycles. The fraction of sp³-hybridized carbons (Fsp3) is 0.846. The Hall–Kier alpha value is -0.900. The van der Waals surface area contributed by atoms with Crippen molar-refractivity contribution < 1.29 is 0 Å². The highest BCUT2D eigenvalue weighted by atomic mass is 15.4. The second-order valence-corrected chi connectivity index (χ2v) is 6.09. The maximum absolute atomic E-state index is 6.39. The summed E-state index contributed by atoms with van der Waals surface area (Å²) in [5.41, 5.74) is 7.78. The van der Waals surface area contributed by atoms with E-state index >= 15 is 0 Å². The molecule has 1 aliphatic carbocycles. The molecule has 2 unspecified atom stereocenters. The van der Waals surface area contributed by atoms with Gasteiger partial charge >= 0.3 is 0 Å². The van der Waals surface area contributed by atoms with E-state index in [4.69, 9.17) is 5.73 Å². The molecule has 0 saturated heterocycles. The maximum atomic E-state index is 6.39. The molecule has 0 aliphatic heterocycles. The average molecular weight is 236 g/mol. The molecule has 1 heterocycles. The van der Waals surface area contributed by atoms with Crippen LogP contribution in [-0.2, 0) is 13.5 Å². The van der Waals surface area contributed by atoms with Crippen LogP contribution in [0.25, 0.3) is 0 Å². The normalized spacial score (nSPS) is 25.8. The number of hydrogen-bond acceptors (Lipinski definition) is 3. The molecule has 0 amide bonds. The SMILES string of the molecule is Cn1cc(CC(N)C2CCCCC2(C)C)nn1. The van der Waals surface area contributed by atoms with Crippen molar-refractivity contribution in [2.75, 3.05) is 0 Å². The quantitative estimate of drug-likeness (QED) is 0.872. The van der Waals surface area contributed by atoms with Crippen molar-refractivity contribution in [3.05, 3.63) is 11.9 Å². The zero-order valence-electron chi connectivity index (χ0n) is 11.2. The van der Waals surface area contributed by atoms with Gasteiger partial charge in [0.05, 0.1) is 5.69 Å². The average Bonchev–Trinajstić information content (AvgIpc) is 2.63. The molecular formula is C13H24N4. The van der Waals surface area contributed by atoms with Crippen LogP contribution in [0.3, 0.4) is 0 Å². The molecule has 1 aromatic heterocycles. The molecule has 17 heavy (non-hydrogen) atoms. The maximum Gasteiger partial charge on any atom is 0.0842 e. The lowest BCUT2D eigenvalue weighted by atomic mass is 9.65. The van der Waals surface area contributed by atoms with Crippen molar-refractivity contribution >= 4 is 0 Å². The Morgan fingerprint density at radius 1 is 1.53 bits per heavy atom. The minimum atomic E-state index is 0.210. The van der Waals surface area contributed by atoms with Crippen molar-refractivity contribution in [1.29, 1.82) is 0 Å². The minimum Gasteiger partial charge on any atom is -0.327 e. The molecule has 4 heteroatoms. The molecule has 2 N–H and O–H groups in total. The van der Waals surface area contributed by atoms with Gasteiger partial charge in [-0.25, -0.2) is 0 Å². The third-order valence-electron chi connectivity index (χ3n) is 4.20. The zero-order valence-corrected chi connectivity index (χ0v) is 11.2. The first kappa shape index (κ1) is 12.6. The molecule has 0 radical (unpaired) electrons. The van der Waals surface area contributed by atoms with Gasteiger partial charge in [-0.1, -0.05) is 31.9 Å². The highest BCUT2D eigenvalue weighted by molar-refractivity contribution is 4.99. The van der Waals surface area contributed by atoms with E-state index in [1.807, 2.05) is 13.2 Å². The molecule has 2 rings (SSSR count). The monoisotopic (exact) mass is 236 g/mol. The first-order valence-corrected chi connectivity index (χ1v) is 6.60. The van der Waals surface area contributed by atoms with Crippen LogP contribution >= 0.6 is 0 Å². The van der Waals surface area contributed by atoms with Gasteiger partial charge in [0.25, 0.3) is 0 Å². The molecule has 2 atom stereocenters. The Bertz CT molecular complexity index is 369. The van der Waals surface area contributed by atoms with Crippen LogP contribution in [0.4, 0.5) is 0 Å². The lowest BCUT2D eigenvalue weighted by molar-refractivity contribution is 0.112. The summed E-state index contributed by atoms with van der Waals surface area (Å²) in [4.78, 5) is 0. The fourth-order valence-electron chi connectivity index (χ4n) is 3.19. The van der Waals surface area contributed by atoms with Gasteiger partial charge in [0, 0.05) is 25.7 Å². The van der Waals surface area contributed by atoms with E-state index in [0.717, 1.165) is 12.1 Å². The van der Waals surface area contributed by atoms with Crippen LogP contribution < -0.4 is 5.73 Å². The van der Waals surface area contributed by atoms with Gasteiger partial charge < -0.3 is 5.73 Å². The second-order valence-electron chi connectivity index (χ2n) is 6.09. The Morgan fingerprint density at radius 3 is 2.88 bits per heavy atom. The summed E-state index contributed by atoms with van der Waals surface area (Å²) in [6.45, 7) is 4.71. The van der Waals surface area contributed by atoms with E-state index in [2.05, 4.69) is 24.2 Å². The van der Waals surface area contributed by atoms with Crippen molar-refractivity contribution in [2.45, 2.75) is 52.0 Å². The van der Waals surface area contributed by atoms with Crippen LogP contribution in [0.1, 0.15) is 45.2 Å². The number of aromatic nitrogens is 3. The summed E-state index contributed by atoms with van der Waals surface area (Å²) in [6.07, 6.45) is 8.04. The van der Waals surface area contributed by atoms with Gasteiger partial charge in [0.15, 0.2) is 0 Å². The van der Waals surface area contributed by atoms with E-state index < -0.39 is 0 Å². The molecule has 0 spiro atoms. The Kier molecular flexibility index (Phi) is 3.52. The number of nitrogens with two attached hydrogens (primary N) is 1. The zero-order chi connectivity index (χ0) is 12.5. The number of rotatable bonds is 3. The smallest absolute Gasteiger partial charge is 0.0842 e. The van der Waals surface area contributed by atoms with Crippen molar-refractivity contribution in [1.82, 2.24) is 15.0 Å². The molecule has 0 aromatic carbocycles. The summed E-state index contributed by atoms with van der Waals surface area (Å²) in [6, 6.07) is 0.210. The van der Waals surface area contributed by atoms with Gasteiger partial charge in [-0.15, -0.1) is 5.10 Å². The van der Waals surface area contributed by atoms with E-state index in [0.29, 0.717) is 11.3 Å². The number of nitrogens with zero attached hydrogens (tertiary/aromatic N) is 3. The number of aryl methyl sites for hydroxylation is 1. The largest absolute Gasteiger partial charge is 0.327 e. The standard InChI is InChI=1S/C13H24N4/c1-13(2)7-5-4-6-11(13)12(14)8-10-9-17(3)16-15-10/h9,11-12H,4-8,14H2,1-3H3. The predicted octanol–water partition coefficient (Wildman–Crippen LogP) is 1.90. The molecular weight excluding hydrogens is 212 g/mol. The molecule has 1 fully saturated rings. The van der Waals surface area contributed by atoms with Crippen molar-refractivity contribution in [2.24, 2.45) is 24.1 Å². The van der Waals surface area contributed by atoms with Gasteiger partial charge in [-0.05, 0) is 24.2 Å². The summed E-state index contributed by atoms with van der Waals surface area (Å²) in [5.74, 6) is 0.609. The minimum absolute atomic E-state index is 0.210. The second kappa shape index (κ2) is 4.77. The van der Waals surface area contributed by atoms with Gasteiger partial charge in [-0.3, -0.25) is 4.68 Å². The van der Waals surface area contributed by atoms with Crippen LogP contribution in [0, 0.1) is 11.3 Å². The highest BCUT2D eigenvalue weighted by Gasteiger charge is 2.36. The van der Waals surface area contributed by atoms with Crippen LogP contribution in [0.5, 0.6) is 0 Å². The summed E-state index contributed by atoms with van der Waals surface area (Å²) >= 11 is 0. The number of hydrogen-bond donors (Lipinski definition) is 1.